The van der Waals surface area contributed by atoms with E-state index in [0.29, 0.717) is 26.1 Å². The smallest absolute Gasteiger partial charge is 0.236 e. The fourth-order valence-electron chi connectivity index (χ4n) is 2.18. The maximum Gasteiger partial charge on any atom is 0.236 e. The van der Waals surface area contributed by atoms with E-state index in [-0.39, 0.29) is 11.8 Å². The van der Waals surface area contributed by atoms with Gasteiger partial charge in [0, 0.05) is 52.2 Å². The molecule has 0 aliphatic carbocycles. The molecule has 0 aromatic rings. The van der Waals surface area contributed by atoms with Crippen molar-refractivity contribution in [1.29, 1.82) is 0 Å². The standard InChI is InChI=1S/C11H20N4O2/c16-10-1-5-14(6-4-13-10)9-11(17)15-7-2-12-3-8-15/h12H,1-9H2,(H,13,16). The van der Waals surface area contributed by atoms with Crippen molar-refractivity contribution in [2.24, 2.45) is 0 Å². The molecule has 0 atom stereocenters. The van der Waals surface area contributed by atoms with Gasteiger partial charge in [0.1, 0.15) is 0 Å². The summed E-state index contributed by atoms with van der Waals surface area (Å²) in [6.45, 7) is 5.89. The van der Waals surface area contributed by atoms with Gasteiger partial charge in [-0.2, -0.15) is 0 Å². The van der Waals surface area contributed by atoms with Crippen LogP contribution in [0.1, 0.15) is 6.42 Å². The van der Waals surface area contributed by atoms with Crippen molar-refractivity contribution in [2.75, 3.05) is 52.4 Å². The van der Waals surface area contributed by atoms with Gasteiger partial charge >= 0.3 is 0 Å². The Kier molecular flexibility index (Phi) is 4.33. The third-order valence-electron chi connectivity index (χ3n) is 3.23. The summed E-state index contributed by atoms with van der Waals surface area (Å²) in [5.41, 5.74) is 0. The summed E-state index contributed by atoms with van der Waals surface area (Å²) in [5.74, 6) is 0.267. The third-order valence-corrected chi connectivity index (χ3v) is 3.23. The molecule has 6 nitrogen and oxygen atoms in total. The van der Waals surface area contributed by atoms with Crippen LogP contribution in [0.3, 0.4) is 0 Å². The summed E-state index contributed by atoms with van der Waals surface area (Å²) in [6.07, 6.45) is 0.495. The Morgan fingerprint density at radius 3 is 2.65 bits per heavy atom. The van der Waals surface area contributed by atoms with E-state index in [4.69, 9.17) is 0 Å². The van der Waals surface area contributed by atoms with Gasteiger partial charge in [-0.15, -0.1) is 0 Å². The van der Waals surface area contributed by atoms with Gasteiger partial charge in [-0.1, -0.05) is 0 Å². The Bertz CT molecular complexity index is 289. The summed E-state index contributed by atoms with van der Waals surface area (Å²) >= 11 is 0. The van der Waals surface area contributed by atoms with Crippen molar-refractivity contribution >= 4 is 11.8 Å². The van der Waals surface area contributed by atoms with Gasteiger partial charge in [0.2, 0.25) is 11.8 Å². The molecule has 0 aromatic carbocycles. The highest BCUT2D eigenvalue weighted by Crippen LogP contribution is 2.00. The van der Waals surface area contributed by atoms with E-state index >= 15 is 0 Å². The number of hydrogen-bond donors (Lipinski definition) is 2. The first-order valence-electron chi connectivity index (χ1n) is 6.23. The molecule has 0 radical (unpaired) electrons. The number of piperazine rings is 1. The van der Waals surface area contributed by atoms with Crippen molar-refractivity contribution in [3.63, 3.8) is 0 Å². The maximum atomic E-state index is 12.0. The number of carbonyl (C=O) groups excluding carboxylic acids is 2. The third kappa shape index (κ3) is 3.67. The second kappa shape index (κ2) is 5.97. The SMILES string of the molecule is O=C1CCN(CC(=O)N2CCNCC2)CCN1. The van der Waals surface area contributed by atoms with Crippen molar-refractivity contribution in [3.8, 4) is 0 Å². The van der Waals surface area contributed by atoms with E-state index in [9.17, 15) is 9.59 Å². The van der Waals surface area contributed by atoms with Crippen LogP contribution in [0.15, 0.2) is 0 Å². The lowest BCUT2D eigenvalue weighted by atomic mass is 10.3. The normalized spacial score (nSPS) is 23.1. The van der Waals surface area contributed by atoms with E-state index < -0.39 is 0 Å². The van der Waals surface area contributed by atoms with Gasteiger partial charge in [0.25, 0.3) is 0 Å². The number of amides is 2. The molecule has 2 N–H and O–H groups in total. The summed E-state index contributed by atoms with van der Waals surface area (Å²) in [7, 11) is 0. The summed E-state index contributed by atoms with van der Waals surface area (Å²) < 4.78 is 0. The van der Waals surface area contributed by atoms with Crippen LogP contribution in [0.4, 0.5) is 0 Å². The minimum absolute atomic E-state index is 0.0853. The lowest BCUT2D eigenvalue weighted by molar-refractivity contribution is -0.133. The lowest BCUT2D eigenvalue weighted by Gasteiger charge is -2.29. The monoisotopic (exact) mass is 240 g/mol. The van der Waals surface area contributed by atoms with Crippen LogP contribution in [-0.2, 0) is 9.59 Å². The molecule has 2 saturated heterocycles. The average molecular weight is 240 g/mol. The van der Waals surface area contributed by atoms with Crippen LogP contribution in [-0.4, -0.2) is 74.0 Å². The highest BCUT2D eigenvalue weighted by Gasteiger charge is 2.20. The summed E-state index contributed by atoms with van der Waals surface area (Å²) in [6, 6.07) is 0. The molecule has 2 rings (SSSR count). The Morgan fingerprint density at radius 2 is 1.88 bits per heavy atom. The molecule has 2 heterocycles. The molecule has 0 bridgehead atoms. The van der Waals surface area contributed by atoms with Crippen LogP contribution in [0.25, 0.3) is 0 Å². The van der Waals surface area contributed by atoms with Crippen molar-refractivity contribution in [1.82, 2.24) is 20.4 Å². The fourth-order valence-corrected chi connectivity index (χ4v) is 2.18. The van der Waals surface area contributed by atoms with Gasteiger partial charge in [-0.25, -0.2) is 0 Å². The predicted octanol–water partition coefficient (Wildman–Crippen LogP) is -1.76. The molecule has 96 valence electrons. The maximum absolute atomic E-state index is 12.0. The lowest BCUT2D eigenvalue weighted by Crippen LogP contribution is -2.49. The fraction of sp³-hybridized carbons (Fsp3) is 0.818. The van der Waals surface area contributed by atoms with Gasteiger partial charge in [-0.3, -0.25) is 14.5 Å². The number of hydrogen-bond acceptors (Lipinski definition) is 4. The molecule has 2 aliphatic rings. The van der Waals surface area contributed by atoms with Crippen LogP contribution >= 0.6 is 0 Å². The minimum Gasteiger partial charge on any atom is -0.355 e. The van der Waals surface area contributed by atoms with E-state index in [2.05, 4.69) is 15.5 Å². The van der Waals surface area contributed by atoms with Crippen LogP contribution < -0.4 is 10.6 Å². The van der Waals surface area contributed by atoms with Gasteiger partial charge in [-0.05, 0) is 0 Å². The van der Waals surface area contributed by atoms with Crippen LogP contribution in [0.2, 0.25) is 0 Å². The first-order chi connectivity index (χ1) is 8.25. The Labute approximate surface area is 101 Å². The molecule has 2 aliphatic heterocycles. The Morgan fingerprint density at radius 1 is 1.12 bits per heavy atom. The zero-order valence-electron chi connectivity index (χ0n) is 10.1. The van der Waals surface area contributed by atoms with Gasteiger partial charge in [0.05, 0.1) is 6.54 Å². The predicted molar refractivity (Wildman–Crippen MR) is 63.5 cm³/mol. The quantitative estimate of drug-likeness (QED) is 0.600. The molecular formula is C11H20N4O2. The van der Waals surface area contributed by atoms with Gasteiger partial charge in [0.15, 0.2) is 0 Å². The first kappa shape index (κ1) is 12.3. The second-order valence-corrected chi connectivity index (χ2v) is 4.51. The molecule has 0 unspecified atom stereocenters. The first-order valence-corrected chi connectivity index (χ1v) is 6.23. The highest BCUT2D eigenvalue weighted by atomic mass is 16.2. The molecule has 0 spiro atoms. The molecule has 6 heteroatoms. The van der Waals surface area contributed by atoms with E-state index in [1.165, 1.54) is 0 Å². The van der Waals surface area contributed by atoms with E-state index in [0.717, 1.165) is 32.7 Å². The average Bonchev–Trinajstić information content (AvgIpc) is 2.56. The molecule has 17 heavy (non-hydrogen) atoms. The zero-order chi connectivity index (χ0) is 12.1. The molecule has 0 aromatic heterocycles. The van der Waals surface area contributed by atoms with Crippen LogP contribution in [0.5, 0.6) is 0 Å². The molecule has 0 saturated carbocycles. The van der Waals surface area contributed by atoms with Crippen molar-refractivity contribution in [2.45, 2.75) is 6.42 Å². The molecular weight excluding hydrogens is 220 g/mol. The number of nitrogens with zero attached hydrogens (tertiary/aromatic N) is 2. The Hall–Kier alpha value is -1.14. The van der Waals surface area contributed by atoms with Gasteiger partial charge < -0.3 is 15.5 Å². The Balaban J connectivity index is 1.78. The molecule has 2 amide bonds. The van der Waals surface area contributed by atoms with E-state index in [1.54, 1.807) is 0 Å². The number of rotatable bonds is 2. The molecule has 2 fully saturated rings. The largest absolute Gasteiger partial charge is 0.355 e. The van der Waals surface area contributed by atoms with Crippen molar-refractivity contribution < 1.29 is 9.59 Å². The highest BCUT2D eigenvalue weighted by molar-refractivity contribution is 5.79. The van der Waals surface area contributed by atoms with Crippen LogP contribution in [0, 0.1) is 0 Å². The summed E-state index contributed by atoms with van der Waals surface area (Å²) in [4.78, 5) is 27.1. The van der Waals surface area contributed by atoms with Crippen molar-refractivity contribution in [3.05, 3.63) is 0 Å². The second-order valence-electron chi connectivity index (χ2n) is 4.51. The zero-order valence-corrected chi connectivity index (χ0v) is 10.1. The topological polar surface area (TPSA) is 64.7 Å². The minimum atomic E-state index is 0.0853. The number of carbonyl (C=O) groups is 2. The number of nitrogens with one attached hydrogen (secondary N) is 2. The van der Waals surface area contributed by atoms with E-state index in [1.807, 2.05) is 4.90 Å². The summed E-state index contributed by atoms with van der Waals surface area (Å²) in [5, 5.41) is 6.04.